The van der Waals surface area contributed by atoms with E-state index in [1.165, 1.54) is 17.3 Å². The number of thioether (sulfide) groups is 1. The quantitative estimate of drug-likeness (QED) is 0.544. The lowest BCUT2D eigenvalue weighted by molar-refractivity contribution is -0.130. The summed E-state index contributed by atoms with van der Waals surface area (Å²) in [4.78, 5) is 16.9. The fourth-order valence-electron chi connectivity index (χ4n) is 3.63. The Morgan fingerprint density at radius 3 is 2.61 bits per heavy atom. The van der Waals surface area contributed by atoms with Crippen molar-refractivity contribution in [2.75, 3.05) is 38.7 Å². The molecule has 2 aliphatic rings. The lowest BCUT2D eigenvalue weighted by Crippen LogP contribution is -2.48. The minimum absolute atomic E-state index is 0.0900. The standard InChI is InChI=1S/C22H22N4O4S/c27-20(26-10-8-25(9-11-26)13-16-4-2-1-3-5-16)14-31-22-24-23-21(30-22)17-6-7-18-19(12-17)29-15-28-18/h1-7,12H,8-11,13-15H2. The van der Waals surface area contributed by atoms with Gasteiger partial charge in [-0.05, 0) is 23.8 Å². The molecule has 0 spiro atoms. The van der Waals surface area contributed by atoms with Crippen LogP contribution < -0.4 is 9.47 Å². The number of aromatic nitrogens is 2. The van der Waals surface area contributed by atoms with Gasteiger partial charge in [-0.1, -0.05) is 42.1 Å². The molecule has 2 aliphatic heterocycles. The summed E-state index contributed by atoms with van der Waals surface area (Å²) in [5, 5.41) is 8.52. The van der Waals surface area contributed by atoms with Gasteiger partial charge in [0.1, 0.15) is 0 Å². The molecule has 3 heterocycles. The van der Waals surface area contributed by atoms with Crippen LogP contribution in [0.3, 0.4) is 0 Å². The topological polar surface area (TPSA) is 80.9 Å². The van der Waals surface area contributed by atoms with Gasteiger partial charge in [0.15, 0.2) is 11.5 Å². The molecule has 9 heteroatoms. The molecule has 0 radical (unpaired) electrons. The first-order valence-corrected chi connectivity index (χ1v) is 11.1. The van der Waals surface area contributed by atoms with Gasteiger partial charge >= 0.3 is 0 Å². The molecule has 5 rings (SSSR count). The molecule has 160 valence electrons. The van der Waals surface area contributed by atoms with Gasteiger partial charge in [0, 0.05) is 38.3 Å². The van der Waals surface area contributed by atoms with E-state index >= 15 is 0 Å². The van der Waals surface area contributed by atoms with Gasteiger partial charge in [-0.25, -0.2) is 0 Å². The predicted molar refractivity (Wildman–Crippen MR) is 115 cm³/mol. The summed E-state index contributed by atoms with van der Waals surface area (Å²) in [6.07, 6.45) is 0. The van der Waals surface area contributed by atoms with E-state index in [4.69, 9.17) is 13.9 Å². The van der Waals surface area contributed by atoms with E-state index in [9.17, 15) is 4.79 Å². The number of hydrogen-bond donors (Lipinski definition) is 0. The molecule has 0 unspecified atom stereocenters. The minimum Gasteiger partial charge on any atom is -0.454 e. The Bertz CT molecular complexity index is 1050. The van der Waals surface area contributed by atoms with Gasteiger partial charge in [0.25, 0.3) is 5.22 Å². The normalized spacial score (nSPS) is 15.9. The van der Waals surface area contributed by atoms with Crippen LogP contribution >= 0.6 is 11.8 Å². The maximum Gasteiger partial charge on any atom is 0.277 e. The number of amides is 1. The highest BCUT2D eigenvalue weighted by molar-refractivity contribution is 7.99. The Morgan fingerprint density at radius 2 is 1.77 bits per heavy atom. The summed E-state index contributed by atoms with van der Waals surface area (Å²) in [6, 6.07) is 15.9. The minimum atomic E-state index is 0.0900. The molecule has 1 amide bonds. The van der Waals surface area contributed by atoms with Gasteiger partial charge in [0.05, 0.1) is 5.75 Å². The van der Waals surface area contributed by atoms with E-state index in [1.807, 2.05) is 29.2 Å². The average Bonchev–Trinajstić information content (AvgIpc) is 3.48. The highest BCUT2D eigenvalue weighted by Crippen LogP contribution is 2.36. The van der Waals surface area contributed by atoms with E-state index in [-0.39, 0.29) is 18.5 Å². The maximum atomic E-state index is 12.6. The van der Waals surface area contributed by atoms with Crippen molar-refractivity contribution in [3.05, 3.63) is 54.1 Å². The van der Waals surface area contributed by atoms with Crippen molar-refractivity contribution >= 4 is 17.7 Å². The van der Waals surface area contributed by atoms with E-state index in [0.717, 1.165) is 38.3 Å². The second kappa shape index (κ2) is 8.99. The summed E-state index contributed by atoms with van der Waals surface area (Å²) in [6.45, 7) is 4.35. The fourth-order valence-corrected chi connectivity index (χ4v) is 4.29. The first kappa shape index (κ1) is 19.9. The van der Waals surface area contributed by atoms with Crippen LogP contribution in [-0.2, 0) is 11.3 Å². The average molecular weight is 439 g/mol. The van der Waals surface area contributed by atoms with E-state index in [1.54, 1.807) is 0 Å². The van der Waals surface area contributed by atoms with Gasteiger partial charge in [0.2, 0.25) is 18.6 Å². The molecule has 1 saturated heterocycles. The van der Waals surface area contributed by atoms with Crippen LogP contribution in [0.1, 0.15) is 5.56 Å². The van der Waals surface area contributed by atoms with Crippen LogP contribution in [0.2, 0.25) is 0 Å². The lowest BCUT2D eigenvalue weighted by atomic mass is 10.2. The molecule has 0 atom stereocenters. The molecule has 8 nitrogen and oxygen atoms in total. The van der Waals surface area contributed by atoms with Crippen LogP contribution in [0.15, 0.2) is 58.2 Å². The molecular weight excluding hydrogens is 416 g/mol. The van der Waals surface area contributed by atoms with E-state index < -0.39 is 0 Å². The molecule has 0 N–H and O–H groups in total. The number of ether oxygens (including phenoxy) is 2. The lowest BCUT2D eigenvalue weighted by Gasteiger charge is -2.34. The molecular formula is C22H22N4O4S. The first-order valence-electron chi connectivity index (χ1n) is 10.1. The third-order valence-electron chi connectivity index (χ3n) is 5.32. The van der Waals surface area contributed by atoms with Crippen LogP contribution in [-0.4, -0.2) is 64.6 Å². The number of fused-ring (bicyclic) bond motifs is 1. The Hall–Kier alpha value is -3.04. The third-order valence-corrected chi connectivity index (χ3v) is 6.12. The van der Waals surface area contributed by atoms with Crippen molar-refractivity contribution < 1.29 is 18.7 Å². The highest BCUT2D eigenvalue weighted by atomic mass is 32.2. The van der Waals surface area contributed by atoms with Crippen LogP contribution in [0.4, 0.5) is 0 Å². The van der Waals surface area contributed by atoms with Crippen LogP contribution in [0.25, 0.3) is 11.5 Å². The number of piperazine rings is 1. The molecule has 1 aromatic heterocycles. The van der Waals surface area contributed by atoms with Gasteiger partial charge in [-0.3, -0.25) is 9.69 Å². The number of carbonyl (C=O) groups is 1. The largest absolute Gasteiger partial charge is 0.454 e. The molecule has 0 saturated carbocycles. The van der Waals surface area contributed by atoms with Crippen molar-refractivity contribution in [3.63, 3.8) is 0 Å². The zero-order valence-electron chi connectivity index (χ0n) is 16.9. The Labute approximate surface area is 184 Å². The van der Waals surface area contributed by atoms with E-state index in [0.29, 0.717) is 22.6 Å². The number of nitrogens with zero attached hydrogens (tertiary/aromatic N) is 4. The van der Waals surface area contributed by atoms with Crippen molar-refractivity contribution in [1.82, 2.24) is 20.0 Å². The first-order chi connectivity index (χ1) is 15.2. The van der Waals surface area contributed by atoms with Gasteiger partial charge < -0.3 is 18.8 Å². The third kappa shape index (κ3) is 4.67. The molecule has 2 aromatic carbocycles. The maximum absolute atomic E-state index is 12.6. The zero-order chi connectivity index (χ0) is 21.0. The summed E-state index contributed by atoms with van der Waals surface area (Å²) >= 11 is 1.27. The number of hydrogen-bond acceptors (Lipinski definition) is 8. The SMILES string of the molecule is O=C(CSc1nnc(-c2ccc3c(c2)OCO3)o1)N1CCN(Cc2ccccc2)CC1. The fraction of sp³-hybridized carbons (Fsp3) is 0.318. The number of rotatable bonds is 6. The highest BCUT2D eigenvalue weighted by Gasteiger charge is 2.22. The van der Waals surface area contributed by atoms with Crippen molar-refractivity contribution in [2.24, 2.45) is 0 Å². The molecule has 1 fully saturated rings. The van der Waals surface area contributed by atoms with E-state index in [2.05, 4.69) is 39.4 Å². The molecule has 0 bridgehead atoms. The summed E-state index contributed by atoms with van der Waals surface area (Å²) in [7, 11) is 0. The molecule has 0 aliphatic carbocycles. The number of benzene rings is 2. The second-order valence-corrected chi connectivity index (χ2v) is 8.30. The summed E-state index contributed by atoms with van der Waals surface area (Å²) in [5.41, 5.74) is 2.05. The van der Waals surface area contributed by atoms with Crippen LogP contribution in [0.5, 0.6) is 11.5 Å². The second-order valence-electron chi connectivity index (χ2n) is 7.37. The Morgan fingerprint density at radius 1 is 0.968 bits per heavy atom. The zero-order valence-corrected chi connectivity index (χ0v) is 17.7. The van der Waals surface area contributed by atoms with Crippen molar-refractivity contribution in [1.29, 1.82) is 0 Å². The molecule has 31 heavy (non-hydrogen) atoms. The Kier molecular flexibility index (Phi) is 5.77. The van der Waals surface area contributed by atoms with Crippen molar-refractivity contribution in [3.8, 4) is 23.0 Å². The number of carbonyl (C=O) groups excluding carboxylic acids is 1. The molecule has 3 aromatic rings. The Balaban J connectivity index is 1.11. The van der Waals surface area contributed by atoms with Gasteiger partial charge in [-0.15, -0.1) is 10.2 Å². The smallest absolute Gasteiger partial charge is 0.277 e. The monoisotopic (exact) mass is 438 g/mol. The summed E-state index contributed by atoms with van der Waals surface area (Å²) < 4.78 is 16.4. The van der Waals surface area contributed by atoms with Crippen LogP contribution in [0, 0.1) is 0 Å². The van der Waals surface area contributed by atoms with Gasteiger partial charge in [-0.2, -0.15) is 0 Å². The summed E-state index contributed by atoms with van der Waals surface area (Å²) in [5.74, 6) is 2.12. The predicted octanol–water partition coefficient (Wildman–Crippen LogP) is 2.90. The van der Waals surface area contributed by atoms with Crippen molar-refractivity contribution in [2.45, 2.75) is 11.8 Å².